The van der Waals surface area contributed by atoms with Gasteiger partial charge in [0, 0.05) is 25.4 Å². The van der Waals surface area contributed by atoms with Crippen molar-refractivity contribution in [3.63, 3.8) is 0 Å². The largest absolute Gasteiger partial charge is 0.396 e. The van der Waals surface area contributed by atoms with Crippen LogP contribution in [0.3, 0.4) is 0 Å². The van der Waals surface area contributed by atoms with E-state index in [0.29, 0.717) is 18.7 Å². The van der Waals surface area contributed by atoms with Gasteiger partial charge in [-0.3, -0.25) is 0 Å². The van der Waals surface area contributed by atoms with Gasteiger partial charge in [-0.25, -0.2) is 13.5 Å². The smallest absolute Gasteiger partial charge is 0.151 e. The zero-order chi connectivity index (χ0) is 17.6. The van der Waals surface area contributed by atoms with Crippen LogP contribution in [0, 0.1) is 11.6 Å². The lowest BCUT2D eigenvalue weighted by molar-refractivity contribution is 0.265. The van der Waals surface area contributed by atoms with E-state index in [-0.39, 0.29) is 18.3 Å². The van der Waals surface area contributed by atoms with Crippen LogP contribution in [0.1, 0.15) is 23.7 Å². The Balaban J connectivity index is 1.73. The van der Waals surface area contributed by atoms with Gasteiger partial charge < -0.3 is 10.4 Å². The molecule has 1 aromatic heterocycles. The van der Waals surface area contributed by atoms with Crippen molar-refractivity contribution in [2.45, 2.75) is 19.0 Å². The van der Waals surface area contributed by atoms with Crippen LogP contribution in [0.5, 0.6) is 0 Å². The molecule has 0 saturated carbocycles. The summed E-state index contributed by atoms with van der Waals surface area (Å²) in [5, 5.41) is 16.8. The molecule has 0 amide bonds. The molecule has 0 saturated heterocycles. The summed E-state index contributed by atoms with van der Waals surface area (Å²) in [7, 11) is 0. The first kappa shape index (κ1) is 17.3. The molecule has 1 heterocycles. The van der Waals surface area contributed by atoms with E-state index in [4.69, 9.17) is 0 Å². The summed E-state index contributed by atoms with van der Waals surface area (Å²) < 4.78 is 28.9. The van der Waals surface area contributed by atoms with Crippen molar-refractivity contribution in [2.24, 2.45) is 0 Å². The third-order valence-electron chi connectivity index (χ3n) is 3.96. The van der Waals surface area contributed by atoms with Gasteiger partial charge in [0.05, 0.1) is 5.69 Å². The molecule has 0 spiro atoms. The Bertz CT molecular complexity index is 800. The zero-order valence-corrected chi connectivity index (χ0v) is 13.6. The van der Waals surface area contributed by atoms with Gasteiger partial charge in [0.1, 0.15) is 5.69 Å². The highest BCUT2D eigenvalue weighted by atomic mass is 19.1. The van der Waals surface area contributed by atoms with E-state index in [9.17, 15) is 13.9 Å². The average molecular weight is 343 g/mol. The van der Waals surface area contributed by atoms with Gasteiger partial charge in [-0.1, -0.05) is 36.4 Å². The third kappa shape index (κ3) is 4.10. The first-order chi connectivity index (χ1) is 12.2. The average Bonchev–Trinajstić information content (AvgIpc) is 3.08. The van der Waals surface area contributed by atoms with Crippen molar-refractivity contribution in [3.8, 4) is 5.69 Å². The highest BCUT2D eigenvalue weighted by Crippen LogP contribution is 2.19. The number of halogens is 2. The van der Waals surface area contributed by atoms with Gasteiger partial charge in [0.2, 0.25) is 0 Å². The van der Waals surface area contributed by atoms with Crippen LogP contribution in [0.25, 0.3) is 5.69 Å². The van der Waals surface area contributed by atoms with Crippen molar-refractivity contribution in [2.75, 3.05) is 6.61 Å². The number of nitrogens with zero attached hydrogens (tertiary/aromatic N) is 2. The lowest BCUT2D eigenvalue weighted by Crippen LogP contribution is -2.22. The molecule has 1 unspecified atom stereocenters. The van der Waals surface area contributed by atoms with Gasteiger partial charge in [0.15, 0.2) is 11.6 Å². The molecule has 130 valence electrons. The second kappa shape index (κ2) is 8.00. The Hall–Kier alpha value is -2.57. The molecule has 3 aromatic rings. The van der Waals surface area contributed by atoms with E-state index in [1.807, 2.05) is 30.3 Å². The normalized spacial score (nSPS) is 12.3. The van der Waals surface area contributed by atoms with Crippen LogP contribution < -0.4 is 5.32 Å². The molecule has 2 N–H and O–H groups in total. The fraction of sp³-hybridized carbons (Fsp3) is 0.211. The van der Waals surface area contributed by atoms with Gasteiger partial charge in [-0.05, 0) is 30.2 Å². The summed E-state index contributed by atoms with van der Waals surface area (Å²) in [5.74, 6) is -1.32. The van der Waals surface area contributed by atoms with Crippen molar-refractivity contribution in [1.29, 1.82) is 0 Å². The first-order valence-corrected chi connectivity index (χ1v) is 8.07. The summed E-state index contributed by atoms with van der Waals surface area (Å²) in [5.41, 5.74) is 1.53. The molecule has 0 bridgehead atoms. The molecule has 0 aliphatic rings. The van der Waals surface area contributed by atoms with E-state index in [1.165, 1.54) is 29.1 Å². The minimum absolute atomic E-state index is 0.0263. The van der Waals surface area contributed by atoms with Crippen molar-refractivity contribution >= 4 is 0 Å². The molecular formula is C19H19F2N3O. The van der Waals surface area contributed by atoms with E-state index in [1.54, 1.807) is 6.07 Å². The number of aromatic nitrogens is 2. The maximum atomic E-state index is 13.8. The molecular weight excluding hydrogens is 324 g/mol. The number of aliphatic hydroxyl groups is 1. The van der Waals surface area contributed by atoms with Gasteiger partial charge in [-0.15, -0.1) is 0 Å². The van der Waals surface area contributed by atoms with Gasteiger partial charge in [0.25, 0.3) is 0 Å². The van der Waals surface area contributed by atoms with Crippen LogP contribution >= 0.6 is 0 Å². The second-order valence-corrected chi connectivity index (χ2v) is 5.68. The maximum absolute atomic E-state index is 13.8. The quantitative estimate of drug-likeness (QED) is 0.692. The molecule has 2 aromatic carbocycles. The van der Waals surface area contributed by atoms with Gasteiger partial charge >= 0.3 is 0 Å². The monoisotopic (exact) mass is 343 g/mol. The van der Waals surface area contributed by atoms with E-state index in [2.05, 4.69) is 10.4 Å². The number of hydrogen-bond acceptors (Lipinski definition) is 3. The minimum atomic E-state index is -0.662. The Labute approximate surface area is 144 Å². The number of rotatable bonds is 7. The molecule has 4 nitrogen and oxygen atoms in total. The molecule has 6 heteroatoms. The predicted octanol–water partition coefficient (Wildman–Crippen LogP) is 3.36. The number of benzene rings is 2. The molecule has 0 fully saturated rings. The number of hydrogen-bond donors (Lipinski definition) is 2. The lowest BCUT2D eigenvalue weighted by Gasteiger charge is -2.17. The second-order valence-electron chi connectivity index (χ2n) is 5.68. The topological polar surface area (TPSA) is 50.1 Å². The van der Waals surface area contributed by atoms with Crippen LogP contribution in [0.4, 0.5) is 8.78 Å². The van der Waals surface area contributed by atoms with Crippen LogP contribution in [-0.2, 0) is 6.54 Å². The number of para-hydroxylation sites is 1. The van der Waals surface area contributed by atoms with Crippen molar-refractivity contribution in [3.05, 3.63) is 83.7 Å². The molecule has 0 aliphatic carbocycles. The SMILES string of the molecule is OCCC(NCc1ccn(-c2c(F)cccc2F)n1)c1ccccc1. The fourth-order valence-electron chi connectivity index (χ4n) is 2.72. The Kier molecular flexibility index (Phi) is 5.53. The molecule has 1 atom stereocenters. The summed E-state index contributed by atoms with van der Waals surface area (Å²) in [6, 6.07) is 15.2. The summed E-state index contributed by atoms with van der Waals surface area (Å²) in [6.07, 6.45) is 2.09. The van der Waals surface area contributed by atoms with Gasteiger partial charge in [-0.2, -0.15) is 5.10 Å². The molecule has 3 rings (SSSR count). The van der Waals surface area contributed by atoms with Crippen LogP contribution in [0.2, 0.25) is 0 Å². The predicted molar refractivity (Wildman–Crippen MR) is 91.2 cm³/mol. The lowest BCUT2D eigenvalue weighted by atomic mass is 10.0. The highest BCUT2D eigenvalue weighted by Gasteiger charge is 2.14. The number of aliphatic hydroxyl groups excluding tert-OH is 1. The third-order valence-corrected chi connectivity index (χ3v) is 3.96. The number of nitrogens with one attached hydrogen (secondary N) is 1. The van der Waals surface area contributed by atoms with Crippen molar-refractivity contribution < 1.29 is 13.9 Å². The summed E-state index contributed by atoms with van der Waals surface area (Å²) >= 11 is 0. The molecule has 0 radical (unpaired) electrons. The Morgan fingerprint density at radius 2 is 1.72 bits per heavy atom. The summed E-state index contributed by atoms with van der Waals surface area (Å²) in [6.45, 7) is 0.476. The van der Waals surface area contributed by atoms with Crippen LogP contribution in [-0.4, -0.2) is 21.5 Å². The zero-order valence-electron chi connectivity index (χ0n) is 13.6. The Morgan fingerprint density at radius 3 is 2.40 bits per heavy atom. The maximum Gasteiger partial charge on any atom is 0.151 e. The highest BCUT2D eigenvalue weighted by molar-refractivity contribution is 5.34. The Morgan fingerprint density at radius 1 is 1.00 bits per heavy atom. The molecule has 25 heavy (non-hydrogen) atoms. The molecule has 0 aliphatic heterocycles. The van der Waals surface area contributed by atoms with Crippen LogP contribution in [0.15, 0.2) is 60.8 Å². The van der Waals surface area contributed by atoms with E-state index < -0.39 is 11.6 Å². The fourth-order valence-corrected chi connectivity index (χ4v) is 2.72. The van der Waals surface area contributed by atoms with Crippen molar-refractivity contribution in [1.82, 2.24) is 15.1 Å². The standard InChI is InChI=1S/C19H19F2N3O/c20-16-7-4-8-17(21)19(16)24-11-9-15(23-24)13-22-18(10-12-25)14-5-2-1-3-6-14/h1-9,11,18,22,25H,10,12-13H2. The van der Waals surface area contributed by atoms with E-state index in [0.717, 1.165) is 5.56 Å². The first-order valence-electron chi connectivity index (χ1n) is 8.07. The minimum Gasteiger partial charge on any atom is -0.396 e. The van der Waals surface area contributed by atoms with E-state index >= 15 is 0 Å². The summed E-state index contributed by atoms with van der Waals surface area (Å²) in [4.78, 5) is 0.